The maximum atomic E-state index is 12.5. The zero-order valence-electron chi connectivity index (χ0n) is 10.4. The van der Waals surface area contributed by atoms with E-state index in [1.807, 2.05) is 11.8 Å². The Morgan fingerprint density at radius 1 is 1.44 bits per heavy atom. The van der Waals surface area contributed by atoms with Gasteiger partial charge in [0.2, 0.25) is 10.0 Å². The van der Waals surface area contributed by atoms with Crippen LogP contribution in [0.4, 0.5) is 5.69 Å². The second kappa shape index (κ2) is 5.50. The minimum atomic E-state index is -3.44. The van der Waals surface area contributed by atoms with Crippen LogP contribution in [0.5, 0.6) is 0 Å². The summed E-state index contributed by atoms with van der Waals surface area (Å²) in [5.41, 5.74) is 6.09. The summed E-state index contributed by atoms with van der Waals surface area (Å²) >= 11 is 1.85. The lowest BCUT2D eigenvalue weighted by atomic mass is 10.3. The molecule has 0 saturated carbocycles. The van der Waals surface area contributed by atoms with Crippen LogP contribution in [0.2, 0.25) is 0 Å². The Morgan fingerprint density at radius 2 is 2.17 bits per heavy atom. The summed E-state index contributed by atoms with van der Waals surface area (Å²) in [6.45, 7) is 3.24. The highest BCUT2D eigenvalue weighted by molar-refractivity contribution is 8.00. The average Bonchev–Trinajstić information content (AvgIpc) is 2.39. The van der Waals surface area contributed by atoms with Crippen LogP contribution < -0.4 is 5.73 Å². The number of sulfonamides is 1. The monoisotopic (exact) mass is 286 g/mol. The van der Waals surface area contributed by atoms with Gasteiger partial charge in [0, 0.05) is 24.1 Å². The highest BCUT2D eigenvalue weighted by Gasteiger charge is 2.30. The Balaban J connectivity index is 2.29. The number of nitrogens with two attached hydrogens (primary N) is 1. The quantitative estimate of drug-likeness (QED) is 0.860. The van der Waals surface area contributed by atoms with Crippen LogP contribution in [0.1, 0.15) is 13.3 Å². The molecule has 1 saturated heterocycles. The molecule has 4 nitrogen and oxygen atoms in total. The van der Waals surface area contributed by atoms with Gasteiger partial charge in [0.1, 0.15) is 4.90 Å². The van der Waals surface area contributed by atoms with Crippen LogP contribution in [0.25, 0.3) is 0 Å². The number of thioether (sulfide) groups is 1. The summed E-state index contributed by atoms with van der Waals surface area (Å²) in [5.74, 6) is 0.852. The number of nitrogens with zero attached hydrogens (tertiary/aromatic N) is 1. The van der Waals surface area contributed by atoms with Gasteiger partial charge in [-0.3, -0.25) is 0 Å². The van der Waals surface area contributed by atoms with Crippen LogP contribution in [-0.4, -0.2) is 36.8 Å². The Morgan fingerprint density at radius 3 is 2.83 bits per heavy atom. The van der Waals surface area contributed by atoms with Gasteiger partial charge in [-0.1, -0.05) is 19.1 Å². The van der Waals surface area contributed by atoms with Gasteiger partial charge in [0.05, 0.1) is 5.69 Å². The van der Waals surface area contributed by atoms with E-state index in [-0.39, 0.29) is 4.90 Å². The smallest absolute Gasteiger partial charge is 0.245 e. The number of anilines is 1. The van der Waals surface area contributed by atoms with E-state index in [1.165, 1.54) is 0 Å². The van der Waals surface area contributed by atoms with Gasteiger partial charge >= 0.3 is 0 Å². The molecule has 1 aliphatic heterocycles. The molecule has 0 spiro atoms. The van der Waals surface area contributed by atoms with Gasteiger partial charge in [-0.05, 0) is 18.6 Å². The molecule has 1 unspecified atom stereocenters. The minimum absolute atomic E-state index is 0.228. The first-order valence-electron chi connectivity index (χ1n) is 6.02. The van der Waals surface area contributed by atoms with Crippen LogP contribution >= 0.6 is 11.8 Å². The van der Waals surface area contributed by atoms with Crippen LogP contribution in [0.15, 0.2) is 29.2 Å². The second-order valence-electron chi connectivity index (χ2n) is 4.30. The first-order valence-corrected chi connectivity index (χ1v) is 8.51. The molecule has 0 amide bonds. The lowest BCUT2D eigenvalue weighted by Gasteiger charge is -2.31. The molecule has 0 aromatic heterocycles. The van der Waals surface area contributed by atoms with Crippen molar-refractivity contribution in [2.24, 2.45) is 0 Å². The van der Waals surface area contributed by atoms with Crippen molar-refractivity contribution in [3.05, 3.63) is 24.3 Å². The fraction of sp³-hybridized carbons (Fsp3) is 0.500. The molecule has 1 fully saturated rings. The molecule has 1 aromatic rings. The lowest BCUT2D eigenvalue weighted by molar-refractivity contribution is 0.416. The molecule has 0 radical (unpaired) electrons. The van der Waals surface area contributed by atoms with Crippen molar-refractivity contribution in [2.75, 3.05) is 24.6 Å². The van der Waals surface area contributed by atoms with E-state index >= 15 is 0 Å². The van der Waals surface area contributed by atoms with E-state index in [1.54, 1.807) is 28.6 Å². The van der Waals surface area contributed by atoms with E-state index in [0.717, 1.165) is 12.2 Å². The molecular formula is C12H18N2O2S2. The van der Waals surface area contributed by atoms with Crippen molar-refractivity contribution in [1.82, 2.24) is 4.31 Å². The van der Waals surface area contributed by atoms with Crippen molar-refractivity contribution >= 4 is 27.5 Å². The molecule has 18 heavy (non-hydrogen) atoms. The Labute approximate surface area is 113 Å². The van der Waals surface area contributed by atoms with Crippen molar-refractivity contribution in [3.63, 3.8) is 0 Å². The van der Waals surface area contributed by atoms with E-state index in [0.29, 0.717) is 24.0 Å². The van der Waals surface area contributed by atoms with Gasteiger partial charge in [0.25, 0.3) is 0 Å². The van der Waals surface area contributed by atoms with Gasteiger partial charge in [-0.25, -0.2) is 8.42 Å². The molecule has 0 aliphatic carbocycles. The van der Waals surface area contributed by atoms with Gasteiger partial charge in [0.15, 0.2) is 0 Å². The summed E-state index contributed by atoms with van der Waals surface area (Å²) in [4.78, 5) is 0.228. The first-order chi connectivity index (χ1) is 8.55. The summed E-state index contributed by atoms with van der Waals surface area (Å²) in [7, 11) is -3.44. The predicted molar refractivity (Wildman–Crippen MR) is 76.2 cm³/mol. The van der Waals surface area contributed by atoms with Gasteiger partial charge in [-0.2, -0.15) is 16.1 Å². The zero-order chi connectivity index (χ0) is 13.2. The Kier molecular flexibility index (Phi) is 4.19. The van der Waals surface area contributed by atoms with Crippen molar-refractivity contribution in [2.45, 2.75) is 23.5 Å². The Bertz CT molecular complexity index is 517. The fourth-order valence-electron chi connectivity index (χ4n) is 2.01. The molecule has 6 heteroatoms. The molecular weight excluding hydrogens is 268 g/mol. The maximum Gasteiger partial charge on any atom is 0.245 e. The third-order valence-electron chi connectivity index (χ3n) is 3.09. The van der Waals surface area contributed by atoms with Gasteiger partial charge in [-0.15, -0.1) is 0 Å². The second-order valence-corrected chi connectivity index (χ2v) is 7.62. The topological polar surface area (TPSA) is 63.4 Å². The number of para-hydroxylation sites is 1. The normalized spacial score (nSPS) is 21.9. The standard InChI is InChI=1S/C12H18N2O2S2/c1-2-10-9-14(7-8-17-10)18(15,16)12-6-4-3-5-11(12)13/h3-6,10H,2,7-9,13H2,1H3. The molecule has 2 N–H and O–H groups in total. The SMILES string of the molecule is CCC1CN(S(=O)(=O)c2ccccc2N)CCS1. The predicted octanol–water partition coefficient (Wildman–Crippen LogP) is 1.78. The summed E-state index contributed by atoms with van der Waals surface area (Å²) in [5, 5.41) is 0.387. The number of nitrogen functional groups attached to an aromatic ring is 1. The maximum absolute atomic E-state index is 12.5. The van der Waals surface area contributed by atoms with E-state index < -0.39 is 10.0 Å². The fourth-order valence-corrected chi connectivity index (χ4v) is 5.00. The minimum Gasteiger partial charge on any atom is -0.398 e. The van der Waals surface area contributed by atoms with E-state index in [2.05, 4.69) is 6.92 Å². The van der Waals surface area contributed by atoms with E-state index in [9.17, 15) is 8.42 Å². The third-order valence-corrected chi connectivity index (χ3v) is 6.40. The molecule has 1 aliphatic rings. The largest absolute Gasteiger partial charge is 0.398 e. The molecule has 2 rings (SSSR count). The summed E-state index contributed by atoms with van der Waals surface area (Å²) in [6, 6.07) is 6.66. The number of hydrogen-bond donors (Lipinski definition) is 1. The number of hydrogen-bond acceptors (Lipinski definition) is 4. The Hall–Kier alpha value is -0.720. The van der Waals surface area contributed by atoms with Crippen LogP contribution in [0.3, 0.4) is 0 Å². The van der Waals surface area contributed by atoms with Gasteiger partial charge < -0.3 is 5.73 Å². The number of rotatable bonds is 3. The zero-order valence-corrected chi connectivity index (χ0v) is 12.0. The molecule has 1 atom stereocenters. The molecule has 0 bridgehead atoms. The molecule has 1 heterocycles. The van der Waals surface area contributed by atoms with Crippen LogP contribution in [-0.2, 0) is 10.0 Å². The first kappa shape index (κ1) is 13.7. The van der Waals surface area contributed by atoms with Crippen molar-refractivity contribution in [1.29, 1.82) is 0 Å². The van der Waals surface area contributed by atoms with Crippen molar-refractivity contribution in [3.8, 4) is 0 Å². The highest BCUT2D eigenvalue weighted by atomic mass is 32.2. The summed E-state index contributed by atoms with van der Waals surface area (Å²) < 4.78 is 26.6. The summed E-state index contributed by atoms with van der Waals surface area (Å²) in [6.07, 6.45) is 0.987. The van der Waals surface area contributed by atoms with E-state index in [4.69, 9.17) is 5.73 Å². The molecule has 1 aromatic carbocycles. The molecule has 100 valence electrons. The van der Waals surface area contributed by atoms with Crippen molar-refractivity contribution < 1.29 is 8.42 Å². The highest BCUT2D eigenvalue weighted by Crippen LogP contribution is 2.28. The lowest BCUT2D eigenvalue weighted by Crippen LogP contribution is -2.41. The number of benzene rings is 1. The van der Waals surface area contributed by atoms with Crippen LogP contribution in [0, 0.1) is 0 Å². The average molecular weight is 286 g/mol. The third kappa shape index (κ3) is 2.65.